The predicted octanol–water partition coefficient (Wildman–Crippen LogP) is 2.86. The molecule has 0 aromatic heterocycles. The number of likely N-dealkylation sites (N-methyl/N-ethyl adjacent to an activating group) is 1. The van der Waals surface area contributed by atoms with Crippen LogP contribution >= 0.6 is 0 Å². The van der Waals surface area contributed by atoms with E-state index >= 15 is 0 Å². The number of ether oxygens (including phenoxy) is 1. The summed E-state index contributed by atoms with van der Waals surface area (Å²) in [6.45, 7) is 4.49. The summed E-state index contributed by atoms with van der Waals surface area (Å²) in [6, 6.07) is 4.79. The van der Waals surface area contributed by atoms with Crippen LogP contribution < -0.4 is 10.1 Å². The van der Waals surface area contributed by atoms with Gasteiger partial charge in [-0.1, -0.05) is 12.6 Å². The van der Waals surface area contributed by atoms with E-state index in [9.17, 15) is 13.2 Å². The first-order chi connectivity index (χ1) is 7.93. The Bertz CT molecular complexity index is 388. The van der Waals surface area contributed by atoms with E-state index in [1.165, 1.54) is 12.1 Å². The molecular formula is C12H14F3NO. The fourth-order valence-corrected chi connectivity index (χ4v) is 1.25. The van der Waals surface area contributed by atoms with Gasteiger partial charge in [0.25, 0.3) is 0 Å². The Morgan fingerprint density at radius 1 is 1.41 bits per heavy atom. The van der Waals surface area contributed by atoms with Gasteiger partial charge in [0.2, 0.25) is 0 Å². The zero-order chi connectivity index (χ0) is 12.9. The average molecular weight is 245 g/mol. The van der Waals surface area contributed by atoms with Gasteiger partial charge in [-0.25, -0.2) is 0 Å². The van der Waals surface area contributed by atoms with E-state index < -0.39 is 11.7 Å². The zero-order valence-corrected chi connectivity index (χ0v) is 9.47. The highest BCUT2D eigenvalue weighted by atomic mass is 19.4. The van der Waals surface area contributed by atoms with Crippen molar-refractivity contribution < 1.29 is 17.9 Å². The van der Waals surface area contributed by atoms with Gasteiger partial charge in [-0.05, 0) is 30.8 Å². The van der Waals surface area contributed by atoms with Crippen molar-refractivity contribution in [1.29, 1.82) is 0 Å². The molecule has 0 bridgehead atoms. The smallest absolute Gasteiger partial charge is 0.416 e. The van der Waals surface area contributed by atoms with Crippen LogP contribution in [0.2, 0.25) is 0 Å². The first kappa shape index (κ1) is 13.6. The minimum Gasteiger partial charge on any atom is -0.489 e. The van der Waals surface area contributed by atoms with Crippen molar-refractivity contribution >= 4 is 0 Å². The van der Waals surface area contributed by atoms with Gasteiger partial charge >= 0.3 is 6.18 Å². The summed E-state index contributed by atoms with van der Waals surface area (Å²) in [6.07, 6.45) is -4.35. The number of benzene rings is 1. The molecule has 0 aliphatic heterocycles. The normalized spacial score (nSPS) is 11.3. The van der Waals surface area contributed by atoms with Gasteiger partial charge in [0, 0.05) is 6.54 Å². The number of hydrogen-bond donors (Lipinski definition) is 1. The monoisotopic (exact) mass is 245 g/mol. The van der Waals surface area contributed by atoms with Gasteiger partial charge in [0.15, 0.2) is 0 Å². The van der Waals surface area contributed by atoms with Crippen molar-refractivity contribution in [3.05, 3.63) is 42.0 Å². The van der Waals surface area contributed by atoms with E-state index in [4.69, 9.17) is 4.74 Å². The molecule has 1 aromatic carbocycles. The summed E-state index contributed by atoms with van der Waals surface area (Å²) in [7, 11) is 1.76. The molecule has 0 fully saturated rings. The van der Waals surface area contributed by atoms with Crippen LogP contribution in [0.5, 0.6) is 5.75 Å². The molecule has 17 heavy (non-hydrogen) atoms. The summed E-state index contributed by atoms with van der Waals surface area (Å²) in [4.78, 5) is 0. The van der Waals surface area contributed by atoms with Crippen molar-refractivity contribution in [3.63, 3.8) is 0 Å². The lowest BCUT2D eigenvalue weighted by Crippen LogP contribution is -2.14. The van der Waals surface area contributed by atoms with E-state index in [1.807, 2.05) is 0 Å². The van der Waals surface area contributed by atoms with Crippen LogP contribution in [0.4, 0.5) is 13.2 Å². The summed E-state index contributed by atoms with van der Waals surface area (Å²) in [5.74, 6) is 0.192. The Kier molecular flexibility index (Phi) is 4.57. The van der Waals surface area contributed by atoms with Crippen LogP contribution in [-0.2, 0) is 6.18 Å². The molecule has 0 spiro atoms. The molecular weight excluding hydrogens is 231 g/mol. The number of halogens is 3. The minimum absolute atomic E-state index is 0.192. The third kappa shape index (κ3) is 4.48. The van der Waals surface area contributed by atoms with Gasteiger partial charge in [-0.3, -0.25) is 0 Å². The zero-order valence-electron chi connectivity index (χ0n) is 9.47. The number of alkyl halides is 3. The van der Waals surface area contributed by atoms with Crippen molar-refractivity contribution in [2.75, 3.05) is 20.2 Å². The second kappa shape index (κ2) is 5.72. The summed E-state index contributed by atoms with van der Waals surface area (Å²) in [5.41, 5.74) is 0.0548. The van der Waals surface area contributed by atoms with Crippen molar-refractivity contribution in [2.24, 2.45) is 0 Å². The highest BCUT2D eigenvalue weighted by molar-refractivity contribution is 5.30. The lowest BCUT2D eigenvalue weighted by atomic mass is 10.2. The Morgan fingerprint density at radius 3 is 2.71 bits per heavy atom. The number of hydrogen-bond acceptors (Lipinski definition) is 2. The quantitative estimate of drug-likeness (QED) is 0.805. The average Bonchev–Trinajstić information content (AvgIpc) is 2.26. The molecule has 0 saturated carbocycles. The molecule has 5 heteroatoms. The van der Waals surface area contributed by atoms with Crippen molar-refractivity contribution in [3.8, 4) is 5.75 Å². The molecule has 0 saturated heterocycles. The van der Waals surface area contributed by atoms with Crippen molar-refractivity contribution in [1.82, 2.24) is 5.32 Å². The largest absolute Gasteiger partial charge is 0.489 e. The first-order valence-corrected chi connectivity index (χ1v) is 5.05. The third-order valence-electron chi connectivity index (χ3n) is 2.03. The van der Waals surface area contributed by atoms with E-state index in [0.717, 1.165) is 17.7 Å². The maximum Gasteiger partial charge on any atom is 0.416 e. The molecule has 1 N–H and O–H groups in total. The van der Waals surface area contributed by atoms with Gasteiger partial charge in [-0.15, -0.1) is 0 Å². The fraction of sp³-hybridized carbons (Fsp3) is 0.333. The van der Waals surface area contributed by atoms with Gasteiger partial charge in [-0.2, -0.15) is 13.2 Å². The van der Waals surface area contributed by atoms with Gasteiger partial charge in [0.1, 0.15) is 12.4 Å². The molecule has 1 aromatic rings. The highest BCUT2D eigenvalue weighted by Crippen LogP contribution is 2.31. The second-order valence-electron chi connectivity index (χ2n) is 3.59. The molecule has 1 rings (SSSR count). The second-order valence-corrected chi connectivity index (χ2v) is 3.59. The number of rotatable bonds is 5. The van der Waals surface area contributed by atoms with Crippen LogP contribution in [0.3, 0.4) is 0 Å². The lowest BCUT2D eigenvalue weighted by Gasteiger charge is -2.11. The summed E-state index contributed by atoms with van der Waals surface area (Å²) < 4.78 is 42.4. The van der Waals surface area contributed by atoms with Crippen LogP contribution in [0, 0.1) is 0 Å². The number of nitrogens with one attached hydrogen (secondary N) is 1. The van der Waals surface area contributed by atoms with E-state index in [1.54, 1.807) is 7.05 Å². The maximum absolute atomic E-state index is 12.4. The predicted molar refractivity (Wildman–Crippen MR) is 60.0 cm³/mol. The first-order valence-electron chi connectivity index (χ1n) is 5.05. The van der Waals surface area contributed by atoms with Gasteiger partial charge < -0.3 is 10.1 Å². The van der Waals surface area contributed by atoms with Crippen molar-refractivity contribution in [2.45, 2.75) is 6.18 Å². The Balaban J connectivity index is 2.64. The maximum atomic E-state index is 12.4. The van der Waals surface area contributed by atoms with Crippen LogP contribution in [0.15, 0.2) is 36.4 Å². The summed E-state index contributed by atoms with van der Waals surface area (Å²) >= 11 is 0. The molecule has 0 radical (unpaired) electrons. The van der Waals surface area contributed by atoms with Crippen LogP contribution in [0.1, 0.15) is 5.56 Å². The Hall–Kier alpha value is -1.49. The van der Waals surface area contributed by atoms with E-state index in [0.29, 0.717) is 6.54 Å². The molecule has 0 amide bonds. The summed E-state index contributed by atoms with van der Waals surface area (Å²) in [5, 5.41) is 2.88. The van der Waals surface area contributed by atoms with Crippen LogP contribution in [-0.4, -0.2) is 20.2 Å². The van der Waals surface area contributed by atoms with E-state index in [-0.39, 0.29) is 12.4 Å². The Morgan fingerprint density at radius 2 is 2.12 bits per heavy atom. The van der Waals surface area contributed by atoms with E-state index in [2.05, 4.69) is 11.9 Å². The topological polar surface area (TPSA) is 21.3 Å². The minimum atomic E-state index is -4.35. The third-order valence-corrected chi connectivity index (χ3v) is 2.03. The Labute approximate surface area is 98.1 Å². The molecule has 0 aliphatic rings. The molecule has 0 atom stereocenters. The van der Waals surface area contributed by atoms with Crippen LogP contribution in [0.25, 0.3) is 0 Å². The molecule has 94 valence electrons. The SMILES string of the molecule is C=C(CNC)COc1cccc(C(F)(F)F)c1. The molecule has 2 nitrogen and oxygen atoms in total. The lowest BCUT2D eigenvalue weighted by molar-refractivity contribution is -0.137. The van der Waals surface area contributed by atoms with Gasteiger partial charge in [0.05, 0.1) is 5.56 Å². The fourth-order valence-electron chi connectivity index (χ4n) is 1.25. The molecule has 0 unspecified atom stereocenters. The highest BCUT2D eigenvalue weighted by Gasteiger charge is 2.30. The molecule has 0 heterocycles. The standard InChI is InChI=1S/C12H14F3NO/c1-9(7-16-2)8-17-11-5-3-4-10(6-11)12(13,14)15/h3-6,16H,1,7-8H2,2H3. The molecule has 0 aliphatic carbocycles.